The fourth-order valence-corrected chi connectivity index (χ4v) is 2.53. The van der Waals surface area contributed by atoms with E-state index in [1.54, 1.807) is 26.0 Å². The van der Waals surface area contributed by atoms with Crippen LogP contribution in [0, 0.1) is 0 Å². The minimum Gasteiger partial charge on any atom is -0.348 e. The van der Waals surface area contributed by atoms with Crippen LogP contribution in [0.2, 0.25) is 0 Å². The lowest BCUT2D eigenvalue weighted by Crippen LogP contribution is -2.41. The van der Waals surface area contributed by atoms with E-state index in [2.05, 4.69) is 5.32 Å². The van der Waals surface area contributed by atoms with Gasteiger partial charge in [0.05, 0.1) is 19.1 Å². The van der Waals surface area contributed by atoms with E-state index in [1.807, 2.05) is 60.7 Å². The first-order valence-electron chi connectivity index (χ1n) is 8.25. The number of benzene rings is 2. The first kappa shape index (κ1) is 18.7. The number of amides is 2. The van der Waals surface area contributed by atoms with Crippen LogP contribution in [0.3, 0.4) is 0 Å². The zero-order valence-electron chi connectivity index (χ0n) is 15.0. The van der Waals surface area contributed by atoms with Crippen molar-refractivity contribution in [2.75, 3.05) is 34.2 Å². The Kier molecular flexibility index (Phi) is 6.71. The molecule has 5 heteroatoms. The molecule has 2 rings (SSSR count). The Labute approximate surface area is 149 Å². The van der Waals surface area contributed by atoms with E-state index in [-0.39, 0.29) is 30.9 Å². The second kappa shape index (κ2) is 8.99. The maximum Gasteiger partial charge on any atom is 0.236 e. The van der Waals surface area contributed by atoms with Gasteiger partial charge in [-0.1, -0.05) is 60.7 Å². The van der Waals surface area contributed by atoms with Crippen molar-refractivity contribution in [3.63, 3.8) is 0 Å². The topological polar surface area (TPSA) is 52.7 Å². The van der Waals surface area contributed by atoms with Crippen molar-refractivity contribution in [3.05, 3.63) is 71.8 Å². The molecule has 2 amide bonds. The molecule has 132 valence electrons. The van der Waals surface area contributed by atoms with E-state index < -0.39 is 0 Å². The highest BCUT2D eigenvalue weighted by Gasteiger charge is 2.18. The van der Waals surface area contributed by atoms with Crippen molar-refractivity contribution >= 4 is 11.8 Å². The molecule has 2 aromatic rings. The molecule has 1 N–H and O–H groups in total. The lowest BCUT2D eigenvalue weighted by molar-refractivity contribution is -0.130. The summed E-state index contributed by atoms with van der Waals surface area (Å²) in [6.45, 7) is 0.373. The predicted octanol–water partition coefficient (Wildman–Crippen LogP) is 1.91. The molecule has 0 aliphatic carbocycles. The van der Waals surface area contributed by atoms with Crippen molar-refractivity contribution in [1.82, 2.24) is 15.1 Å². The molecule has 5 nitrogen and oxygen atoms in total. The molecular weight excluding hydrogens is 314 g/mol. The largest absolute Gasteiger partial charge is 0.348 e. The van der Waals surface area contributed by atoms with Gasteiger partial charge < -0.3 is 10.2 Å². The van der Waals surface area contributed by atoms with Crippen molar-refractivity contribution < 1.29 is 9.59 Å². The molecule has 2 aromatic carbocycles. The van der Waals surface area contributed by atoms with Crippen molar-refractivity contribution in [2.24, 2.45) is 0 Å². The quantitative estimate of drug-likeness (QED) is 0.838. The smallest absolute Gasteiger partial charge is 0.236 e. The van der Waals surface area contributed by atoms with E-state index in [1.165, 1.54) is 4.90 Å². The van der Waals surface area contributed by atoms with E-state index >= 15 is 0 Å². The van der Waals surface area contributed by atoms with Gasteiger partial charge in [-0.2, -0.15) is 0 Å². The molecule has 0 atom stereocenters. The molecular formula is C20H25N3O2. The van der Waals surface area contributed by atoms with Gasteiger partial charge in [0.15, 0.2) is 0 Å². The number of nitrogens with one attached hydrogen (secondary N) is 1. The van der Waals surface area contributed by atoms with Gasteiger partial charge in [-0.3, -0.25) is 14.5 Å². The minimum absolute atomic E-state index is 0.0297. The molecule has 0 bridgehead atoms. The molecule has 0 unspecified atom stereocenters. The van der Waals surface area contributed by atoms with Crippen LogP contribution in [0.5, 0.6) is 0 Å². The second-order valence-corrected chi connectivity index (χ2v) is 6.28. The maximum atomic E-state index is 12.5. The van der Waals surface area contributed by atoms with Crippen LogP contribution in [-0.4, -0.2) is 55.8 Å². The van der Waals surface area contributed by atoms with Gasteiger partial charge in [-0.15, -0.1) is 0 Å². The fourth-order valence-electron chi connectivity index (χ4n) is 2.53. The highest BCUT2D eigenvalue weighted by atomic mass is 16.2. The first-order chi connectivity index (χ1) is 12.0. The summed E-state index contributed by atoms with van der Waals surface area (Å²) in [6.07, 6.45) is 0. The molecule has 0 spiro atoms. The third kappa shape index (κ3) is 5.72. The normalized spacial score (nSPS) is 10.8. The first-order valence-corrected chi connectivity index (χ1v) is 8.25. The Bertz CT molecular complexity index is 647. The SMILES string of the molecule is CN(CC(=O)NC(c1ccccc1)c1ccccc1)CC(=O)N(C)C. The van der Waals surface area contributed by atoms with Crippen molar-refractivity contribution in [2.45, 2.75) is 6.04 Å². The minimum atomic E-state index is -0.215. The van der Waals surface area contributed by atoms with Crippen LogP contribution < -0.4 is 5.32 Å². The van der Waals surface area contributed by atoms with Crippen LogP contribution in [0.15, 0.2) is 60.7 Å². The predicted molar refractivity (Wildman–Crippen MR) is 99.1 cm³/mol. The van der Waals surface area contributed by atoms with Crippen LogP contribution in [0.4, 0.5) is 0 Å². The highest BCUT2D eigenvalue weighted by molar-refractivity contribution is 5.81. The Morgan fingerprint density at radius 2 is 1.32 bits per heavy atom. The summed E-state index contributed by atoms with van der Waals surface area (Å²) in [5.74, 6) is -0.148. The molecule has 0 aliphatic rings. The van der Waals surface area contributed by atoms with Crippen LogP contribution in [0.25, 0.3) is 0 Å². The summed E-state index contributed by atoms with van der Waals surface area (Å²) in [5, 5.41) is 3.08. The summed E-state index contributed by atoms with van der Waals surface area (Å²) in [4.78, 5) is 27.5. The maximum absolute atomic E-state index is 12.5. The molecule has 0 saturated heterocycles. The summed E-state index contributed by atoms with van der Waals surface area (Å²) < 4.78 is 0. The van der Waals surface area contributed by atoms with Gasteiger partial charge in [-0.25, -0.2) is 0 Å². The van der Waals surface area contributed by atoms with Gasteiger partial charge in [0.2, 0.25) is 11.8 Å². The van der Waals surface area contributed by atoms with E-state index in [0.717, 1.165) is 11.1 Å². The van der Waals surface area contributed by atoms with Gasteiger partial charge in [0.1, 0.15) is 0 Å². The summed E-state index contributed by atoms with van der Waals surface area (Å²) >= 11 is 0. The fraction of sp³-hybridized carbons (Fsp3) is 0.300. The number of rotatable bonds is 7. The molecule has 0 aliphatic heterocycles. The average Bonchev–Trinajstić information content (AvgIpc) is 2.61. The van der Waals surface area contributed by atoms with Gasteiger partial charge in [0.25, 0.3) is 0 Å². The standard InChI is InChI=1S/C20H25N3O2/c1-22(2)19(25)15-23(3)14-18(24)21-20(16-10-6-4-7-11-16)17-12-8-5-9-13-17/h4-13,20H,14-15H2,1-3H3,(H,21,24). The lowest BCUT2D eigenvalue weighted by Gasteiger charge is -2.23. The van der Waals surface area contributed by atoms with Crippen LogP contribution in [-0.2, 0) is 9.59 Å². The Morgan fingerprint density at radius 1 is 0.840 bits per heavy atom. The Balaban J connectivity index is 2.07. The average molecular weight is 339 g/mol. The summed E-state index contributed by atoms with van der Waals surface area (Å²) in [7, 11) is 5.18. The second-order valence-electron chi connectivity index (χ2n) is 6.28. The van der Waals surface area contributed by atoms with E-state index in [9.17, 15) is 9.59 Å². The molecule has 0 aromatic heterocycles. The van der Waals surface area contributed by atoms with Gasteiger partial charge >= 0.3 is 0 Å². The molecule has 0 fully saturated rings. The number of carbonyl (C=O) groups is 2. The van der Waals surface area contributed by atoms with Crippen LogP contribution >= 0.6 is 0 Å². The third-order valence-corrected chi connectivity index (χ3v) is 3.89. The van der Waals surface area contributed by atoms with Crippen molar-refractivity contribution in [3.8, 4) is 0 Å². The van der Waals surface area contributed by atoms with E-state index in [0.29, 0.717) is 0 Å². The number of hydrogen-bond acceptors (Lipinski definition) is 3. The molecule has 0 heterocycles. The number of hydrogen-bond donors (Lipinski definition) is 1. The van der Waals surface area contributed by atoms with Crippen LogP contribution in [0.1, 0.15) is 17.2 Å². The van der Waals surface area contributed by atoms with Gasteiger partial charge in [0, 0.05) is 14.1 Å². The zero-order valence-corrected chi connectivity index (χ0v) is 15.0. The lowest BCUT2D eigenvalue weighted by atomic mass is 9.99. The Hall–Kier alpha value is -2.66. The summed E-state index contributed by atoms with van der Waals surface area (Å²) in [5.41, 5.74) is 2.04. The number of carbonyl (C=O) groups excluding carboxylic acids is 2. The molecule has 0 radical (unpaired) electrons. The van der Waals surface area contributed by atoms with Crippen molar-refractivity contribution in [1.29, 1.82) is 0 Å². The van der Waals surface area contributed by atoms with E-state index in [4.69, 9.17) is 0 Å². The number of nitrogens with zero attached hydrogens (tertiary/aromatic N) is 2. The third-order valence-electron chi connectivity index (χ3n) is 3.89. The number of likely N-dealkylation sites (N-methyl/N-ethyl adjacent to an activating group) is 2. The molecule has 25 heavy (non-hydrogen) atoms. The summed E-state index contributed by atoms with van der Waals surface area (Å²) in [6, 6.07) is 19.5. The monoisotopic (exact) mass is 339 g/mol. The zero-order chi connectivity index (χ0) is 18.2. The highest BCUT2D eigenvalue weighted by Crippen LogP contribution is 2.21. The van der Waals surface area contributed by atoms with Gasteiger partial charge in [-0.05, 0) is 18.2 Å². The Morgan fingerprint density at radius 3 is 1.76 bits per heavy atom. The molecule has 0 saturated carbocycles.